The van der Waals surface area contributed by atoms with Crippen LogP contribution in [0.2, 0.25) is 0 Å². The van der Waals surface area contributed by atoms with Crippen molar-refractivity contribution in [1.82, 2.24) is 4.57 Å². The third-order valence-corrected chi connectivity index (χ3v) is 10.1. The monoisotopic (exact) mass is 655 g/mol. The van der Waals surface area contributed by atoms with Crippen LogP contribution in [-0.2, 0) is 4.74 Å². The molecule has 2 heterocycles. The van der Waals surface area contributed by atoms with Crippen molar-refractivity contribution in [3.05, 3.63) is 211 Å². The zero-order chi connectivity index (χ0) is 33.7. The van der Waals surface area contributed by atoms with E-state index in [0.29, 0.717) is 5.90 Å². The molecule has 1 aromatic heterocycles. The largest absolute Gasteiger partial charge is 0.466 e. The van der Waals surface area contributed by atoms with E-state index in [9.17, 15) is 0 Å². The van der Waals surface area contributed by atoms with E-state index in [4.69, 9.17) is 9.73 Å². The number of allylic oxidation sites excluding steroid dienone is 4. The summed E-state index contributed by atoms with van der Waals surface area (Å²) in [6.07, 6.45) is 11.0. The Morgan fingerprint density at radius 3 is 2.12 bits per heavy atom. The number of aromatic nitrogens is 1. The molecule has 0 fully saturated rings. The number of hydrogen-bond donors (Lipinski definition) is 0. The van der Waals surface area contributed by atoms with Crippen LogP contribution < -0.4 is 4.90 Å². The van der Waals surface area contributed by atoms with Crippen molar-refractivity contribution >= 4 is 39.1 Å². The normalized spacial score (nSPS) is 17.6. The number of nitrogens with zero attached hydrogens (tertiary/aromatic N) is 3. The highest BCUT2D eigenvalue weighted by atomic mass is 16.5. The molecule has 0 spiro atoms. The van der Waals surface area contributed by atoms with Gasteiger partial charge in [-0.05, 0) is 77.9 Å². The minimum absolute atomic E-state index is 0.0630. The van der Waals surface area contributed by atoms with Gasteiger partial charge in [0, 0.05) is 44.9 Å². The molecule has 242 valence electrons. The number of aliphatic imine (C=N–C) groups is 1. The van der Waals surface area contributed by atoms with Crippen molar-refractivity contribution in [2.45, 2.75) is 6.10 Å². The van der Waals surface area contributed by atoms with E-state index >= 15 is 0 Å². The SMILES string of the molecule is C1=CC2C(=CC=C3N=C(c4ccccc4)OC32)C=C1N(c1ccc2c3ccccc3n(-c3ccccc3)c2c1)c1ccccc1-c1ccccc1. The first-order chi connectivity index (χ1) is 25.3. The molecule has 0 saturated carbocycles. The maximum absolute atomic E-state index is 6.54. The summed E-state index contributed by atoms with van der Waals surface area (Å²) in [4.78, 5) is 7.30. The highest BCUT2D eigenvalue weighted by Gasteiger charge is 2.37. The molecule has 10 rings (SSSR count). The molecule has 51 heavy (non-hydrogen) atoms. The highest BCUT2D eigenvalue weighted by Crippen LogP contribution is 2.44. The number of hydrogen-bond acceptors (Lipinski definition) is 3. The molecule has 0 saturated heterocycles. The second kappa shape index (κ2) is 12.0. The summed E-state index contributed by atoms with van der Waals surface area (Å²) in [5.41, 5.74) is 12.3. The smallest absolute Gasteiger partial charge is 0.221 e. The molecule has 2 atom stereocenters. The van der Waals surface area contributed by atoms with E-state index in [1.165, 1.54) is 27.4 Å². The molecule has 2 aliphatic carbocycles. The van der Waals surface area contributed by atoms with Gasteiger partial charge in [0.1, 0.15) is 0 Å². The van der Waals surface area contributed by atoms with Crippen molar-refractivity contribution in [3.63, 3.8) is 0 Å². The van der Waals surface area contributed by atoms with Gasteiger partial charge in [-0.15, -0.1) is 0 Å². The second-order valence-electron chi connectivity index (χ2n) is 13.1. The molecule has 2 unspecified atom stereocenters. The minimum Gasteiger partial charge on any atom is -0.466 e. The lowest BCUT2D eigenvalue weighted by atomic mass is 9.83. The molecule has 0 radical (unpaired) electrons. The maximum Gasteiger partial charge on any atom is 0.221 e. The molecule has 3 aliphatic rings. The van der Waals surface area contributed by atoms with E-state index in [2.05, 4.69) is 179 Å². The van der Waals surface area contributed by atoms with Crippen LogP contribution in [0, 0.1) is 5.92 Å². The van der Waals surface area contributed by atoms with Gasteiger partial charge in [-0.1, -0.05) is 121 Å². The molecule has 0 bridgehead atoms. The molecule has 0 amide bonds. The Hall–Kier alpha value is -6.65. The number of anilines is 2. The molecule has 4 nitrogen and oxygen atoms in total. The van der Waals surface area contributed by atoms with Crippen molar-refractivity contribution in [1.29, 1.82) is 0 Å². The van der Waals surface area contributed by atoms with Gasteiger partial charge in [0.2, 0.25) is 5.90 Å². The zero-order valence-corrected chi connectivity index (χ0v) is 27.8. The number of ether oxygens (including phenoxy) is 1. The van der Waals surface area contributed by atoms with Crippen LogP contribution in [0.25, 0.3) is 38.6 Å². The Morgan fingerprint density at radius 2 is 1.29 bits per heavy atom. The highest BCUT2D eigenvalue weighted by molar-refractivity contribution is 6.10. The first-order valence-corrected chi connectivity index (χ1v) is 17.5. The lowest BCUT2D eigenvalue weighted by molar-refractivity contribution is 0.212. The minimum atomic E-state index is -0.155. The number of para-hydroxylation sites is 3. The second-order valence-corrected chi connectivity index (χ2v) is 13.1. The van der Waals surface area contributed by atoms with Crippen LogP contribution in [0.1, 0.15) is 5.56 Å². The first kappa shape index (κ1) is 29.3. The average Bonchev–Trinajstić information content (AvgIpc) is 3.79. The van der Waals surface area contributed by atoms with Crippen LogP contribution in [0.5, 0.6) is 0 Å². The number of benzene rings is 6. The van der Waals surface area contributed by atoms with Gasteiger partial charge in [0.15, 0.2) is 6.10 Å². The number of fused-ring (bicyclic) bond motifs is 6. The van der Waals surface area contributed by atoms with E-state index in [1.54, 1.807) is 0 Å². The Labute approximate surface area is 296 Å². The summed E-state index contributed by atoms with van der Waals surface area (Å²) in [5.74, 6) is 0.748. The molecule has 1 aliphatic heterocycles. The van der Waals surface area contributed by atoms with Crippen LogP contribution in [-0.4, -0.2) is 16.6 Å². The summed E-state index contributed by atoms with van der Waals surface area (Å²) in [5, 5.41) is 2.46. The van der Waals surface area contributed by atoms with Crippen LogP contribution in [0.15, 0.2) is 210 Å². The van der Waals surface area contributed by atoms with Crippen molar-refractivity contribution in [2.75, 3.05) is 4.90 Å². The number of rotatable bonds is 6. The third kappa shape index (κ3) is 4.95. The van der Waals surface area contributed by atoms with Gasteiger partial charge in [-0.3, -0.25) is 0 Å². The summed E-state index contributed by atoms with van der Waals surface area (Å²) in [6, 6.07) is 55.8. The topological polar surface area (TPSA) is 29.8 Å². The third-order valence-electron chi connectivity index (χ3n) is 10.1. The van der Waals surface area contributed by atoms with Gasteiger partial charge in [-0.2, -0.15) is 0 Å². The Morgan fingerprint density at radius 1 is 0.608 bits per heavy atom. The van der Waals surface area contributed by atoms with Crippen LogP contribution in [0.3, 0.4) is 0 Å². The van der Waals surface area contributed by atoms with E-state index in [-0.39, 0.29) is 12.0 Å². The van der Waals surface area contributed by atoms with Crippen molar-refractivity contribution in [3.8, 4) is 16.8 Å². The van der Waals surface area contributed by atoms with Gasteiger partial charge in [0.05, 0.1) is 22.4 Å². The lowest BCUT2D eigenvalue weighted by Gasteiger charge is -2.33. The van der Waals surface area contributed by atoms with E-state index in [0.717, 1.165) is 45.1 Å². The van der Waals surface area contributed by atoms with Gasteiger partial charge < -0.3 is 14.2 Å². The zero-order valence-electron chi connectivity index (χ0n) is 27.8. The Bertz CT molecular complexity index is 2610. The Balaban J connectivity index is 1.14. The van der Waals surface area contributed by atoms with Gasteiger partial charge in [-0.25, -0.2) is 4.99 Å². The summed E-state index contributed by atoms with van der Waals surface area (Å²) in [7, 11) is 0. The Kier molecular flexibility index (Phi) is 6.91. The van der Waals surface area contributed by atoms with Crippen molar-refractivity contribution < 1.29 is 4.74 Å². The fourth-order valence-electron chi connectivity index (χ4n) is 7.79. The summed E-state index contributed by atoms with van der Waals surface area (Å²) in [6.45, 7) is 0. The predicted octanol–water partition coefficient (Wildman–Crippen LogP) is 11.3. The molecule has 4 heteroatoms. The molecular weight excluding hydrogens is 623 g/mol. The van der Waals surface area contributed by atoms with Gasteiger partial charge >= 0.3 is 0 Å². The van der Waals surface area contributed by atoms with Crippen LogP contribution in [0.4, 0.5) is 11.4 Å². The standard InChI is InChI=1S/C47H33N3O/c1-4-14-32(15-5-1)38-20-10-12-22-43(38)49(36-25-27-39-34(30-36)24-29-42-46(39)51-47(48-42)33-16-6-2-7-17-33)37-26-28-41-40-21-11-13-23-44(40)50(45(41)31-37)35-18-8-3-9-19-35/h1-31,39,46H. The predicted molar refractivity (Wildman–Crippen MR) is 210 cm³/mol. The maximum atomic E-state index is 6.54. The molecule has 7 aromatic rings. The van der Waals surface area contributed by atoms with E-state index in [1.807, 2.05) is 18.2 Å². The fraction of sp³-hybridized carbons (Fsp3) is 0.0426. The van der Waals surface area contributed by atoms with E-state index < -0.39 is 0 Å². The molecule has 6 aromatic carbocycles. The van der Waals surface area contributed by atoms with Crippen LogP contribution >= 0.6 is 0 Å². The first-order valence-electron chi connectivity index (χ1n) is 17.5. The fourth-order valence-corrected chi connectivity index (χ4v) is 7.79. The average molecular weight is 656 g/mol. The summed E-state index contributed by atoms with van der Waals surface area (Å²) >= 11 is 0. The summed E-state index contributed by atoms with van der Waals surface area (Å²) < 4.78 is 8.92. The molecular formula is C47H33N3O. The lowest BCUT2D eigenvalue weighted by Crippen LogP contribution is -2.28. The van der Waals surface area contributed by atoms with Crippen molar-refractivity contribution in [2.24, 2.45) is 10.9 Å². The molecule has 0 N–H and O–H groups in total. The quantitative estimate of drug-likeness (QED) is 0.178. The van der Waals surface area contributed by atoms with Gasteiger partial charge in [0.25, 0.3) is 0 Å².